The number of nitrogens with one attached hydrogen (secondary N) is 1. The first-order valence-electron chi connectivity index (χ1n) is 8.61. The quantitative estimate of drug-likeness (QED) is 0.712. The summed E-state index contributed by atoms with van der Waals surface area (Å²) in [5.74, 6) is -0.183. The third-order valence-corrected chi connectivity index (χ3v) is 3.84. The van der Waals surface area contributed by atoms with Gasteiger partial charge in [0.2, 0.25) is 0 Å². The van der Waals surface area contributed by atoms with Crippen molar-refractivity contribution in [2.24, 2.45) is 0 Å². The highest BCUT2D eigenvalue weighted by Crippen LogP contribution is 2.14. The second kappa shape index (κ2) is 10.5. The summed E-state index contributed by atoms with van der Waals surface area (Å²) in [4.78, 5) is 26.6. The van der Waals surface area contributed by atoms with E-state index in [0.717, 1.165) is 25.9 Å². The maximum atomic E-state index is 12.5. The molecule has 5 nitrogen and oxygen atoms in total. The third kappa shape index (κ3) is 5.77. The number of carbonyl (C=O) groups is 2. The number of rotatable bonds is 7. The number of nitrogen functional groups attached to an aromatic ring is 1. The molecule has 0 unspecified atom stereocenters. The zero-order valence-electron chi connectivity index (χ0n) is 15.2. The van der Waals surface area contributed by atoms with Crippen LogP contribution in [0.4, 0.5) is 11.4 Å². The van der Waals surface area contributed by atoms with Gasteiger partial charge in [-0.1, -0.05) is 13.8 Å². The molecule has 0 fully saturated rings. The highest BCUT2D eigenvalue weighted by Gasteiger charge is 2.14. The van der Waals surface area contributed by atoms with Gasteiger partial charge in [-0.3, -0.25) is 9.59 Å². The van der Waals surface area contributed by atoms with Crippen LogP contribution in [0.5, 0.6) is 0 Å². The van der Waals surface area contributed by atoms with Crippen molar-refractivity contribution in [2.45, 2.75) is 26.7 Å². The molecule has 0 bridgehead atoms. The summed E-state index contributed by atoms with van der Waals surface area (Å²) in [5, 5.41) is 2.82. The number of nitrogens with zero attached hydrogens (tertiary/aromatic N) is 1. The molecular formula is C20H26ClN3O2. The van der Waals surface area contributed by atoms with Crippen molar-refractivity contribution in [1.29, 1.82) is 0 Å². The number of benzene rings is 2. The number of hydrogen-bond donors (Lipinski definition) is 2. The van der Waals surface area contributed by atoms with Crippen LogP contribution >= 0.6 is 12.4 Å². The van der Waals surface area contributed by atoms with Gasteiger partial charge in [0, 0.05) is 35.6 Å². The average Bonchev–Trinajstić information content (AvgIpc) is 2.62. The van der Waals surface area contributed by atoms with E-state index in [9.17, 15) is 9.59 Å². The van der Waals surface area contributed by atoms with Gasteiger partial charge in [0.15, 0.2) is 0 Å². The van der Waals surface area contributed by atoms with Crippen molar-refractivity contribution in [1.82, 2.24) is 4.90 Å². The van der Waals surface area contributed by atoms with Crippen LogP contribution in [0.2, 0.25) is 0 Å². The smallest absolute Gasteiger partial charge is 0.255 e. The summed E-state index contributed by atoms with van der Waals surface area (Å²) in [5.41, 5.74) is 8.05. The van der Waals surface area contributed by atoms with Crippen molar-refractivity contribution in [3.8, 4) is 0 Å². The van der Waals surface area contributed by atoms with E-state index in [4.69, 9.17) is 5.73 Å². The zero-order chi connectivity index (χ0) is 18.2. The first-order valence-corrected chi connectivity index (χ1v) is 8.61. The average molecular weight is 376 g/mol. The van der Waals surface area contributed by atoms with Gasteiger partial charge >= 0.3 is 0 Å². The van der Waals surface area contributed by atoms with Gasteiger partial charge in [0.1, 0.15) is 0 Å². The van der Waals surface area contributed by atoms with Gasteiger partial charge in [-0.25, -0.2) is 0 Å². The van der Waals surface area contributed by atoms with E-state index in [0.29, 0.717) is 22.5 Å². The Morgan fingerprint density at radius 1 is 0.885 bits per heavy atom. The molecule has 0 aliphatic heterocycles. The monoisotopic (exact) mass is 375 g/mol. The van der Waals surface area contributed by atoms with E-state index in [2.05, 4.69) is 19.2 Å². The van der Waals surface area contributed by atoms with Crippen molar-refractivity contribution >= 4 is 35.6 Å². The number of amides is 2. The van der Waals surface area contributed by atoms with E-state index >= 15 is 0 Å². The summed E-state index contributed by atoms with van der Waals surface area (Å²) in [6, 6.07) is 13.7. The molecular weight excluding hydrogens is 350 g/mol. The summed E-state index contributed by atoms with van der Waals surface area (Å²) in [6.45, 7) is 5.63. The molecule has 0 saturated heterocycles. The Balaban J connectivity index is 0.00000338. The first-order chi connectivity index (χ1) is 12.0. The van der Waals surface area contributed by atoms with Crippen LogP contribution in [0.1, 0.15) is 47.4 Å². The van der Waals surface area contributed by atoms with Gasteiger partial charge in [0.05, 0.1) is 0 Å². The number of carbonyl (C=O) groups excluding carboxylic acids is 2. The molecule has 0 radical (unpaired) electrons. The van der Waals surface area contributed by atoms with Crippen LogP contribution in [0.15, 0.2) is 48.5 Å². The highest BCUT2D eigenvalue weighted by molar-refractivity contribution is 6.04. The van der Waals surface area contributed by atoms with E-state index in [1.807, 2.05) is 4.90 Å². The molecule has 26 heavy (non-hydrogen) atoms. The summed E-state index contributed by atoms with van der Waals surface area (Å²) >= 11 is 0. The fourth-order valence-corrected chi connectivity index (χ4v) is 2.57. The first kappa shape index (κ1) is 21.5. The maximum absolute atomic E-state index is 12.5. The van der Waals surface area contributed by atoms with Gasteiger partial charge in [-0.15, -0.1) is 12.4 Å². The van der Waals surface area contributed by atoms with Crippen molar-refractivity contribution in [2.75, 3.05) is 24.1 Å². The highest BCUT2D eigenvalue weighted by atomic mass is 35.5. The molecule has 0 aliphatic carbocycles. The number of hydrogen-bond acceptors (Lipinski definition) is 3. The maximum Gasteiger partial charge on any atom is 0.255 e. The minimum atomic E-state index is -0.210. The van der Waals surface area contributed by atoms with Gasteiger partial charge in [0.25, 0.3) is 11.8 Å². The molecule has 0 saturated carbocycles. The molecule has 0 aromatic heterocycles. The Hall–Kier alpha value is -2.53. The lowest BCUT2D eigenvalue weighted by Gasteiger charge is -2.21. The molecule has 0 spiro atoms. The molecule has 0 heterocycles. The van der Waals surface area contributed by atoms with E-state index in [-0.39, 0.29) is 24.2 Å². The van der Waals surface area contributed by atoms with Crippen LogP contribution in [0.25, 0.3) is 0 Å². The topological polar surface area (TPSA) is 75.4 Å². The molecule has 2 rings (SSSR count). The number of nitrogens with two attached hydrogens (primary N) is 1. The molecule has 140 valence electrons. The minimum absolute atomic E-state index is 0. The molecule has 2 aromatic rings. The van der Waals surface area contributed by atoms with Gasteiger partial charge in [-0.2, -0.15) is 0 Å². The largest absolute Gasteiger partial charge is 0.399 e. The molecule has 2 aromatic carbocycles. The van der Waals surface area contributed by atoms with Crippen molar-refractivity contribution in [3.05, 3.63) is 59.7 Å². The Morgan fingerprint density at radius 2 is 1.38 bits per heavy atom. The fraction of sp³-hybridized carbons (Fsp3) is 0.300. The van der Waals surface area contributed by atoms with Crippen LogP contribution in [-0.2, 0) is 0 Å². The standard InChI is InChI=1S/C20H25N3O2.ClH/c1-3-13-23(14-4-2)20(25)16-7-11-18(12-8-16)22-19(24)15-5-9-17(21)10-6-15;/h5-12H,3-4,13-14,21H2,1-2H3,(H,22,24);1H. The van der Waals surface area contributed by atoms with E-state index in [1.54, 1.807) is 48.5 Å². The molecule has 0 aliphatic rings. The predicted octanol–water partition coefficient (Wildman–Crippen LogP) is 4.21. The van der Waals surface area contributed by atoms with Crippen LogP contribution in [0.3, 0.4) is 0 Å². The van der Waals surface area contributed by atoms with E-state index in [1.165, 1.54) is 0 Å². The molecule has 0 atom stereocenters. The van der Waals surface area contributed by atoms with Crippen molar-refractivity contribution in [3.63, 3.8) is 0 Å². The summed E-state index contributed by atoms with van der Waals surface area (Å²) in [6.07, 6.45) is 1.86. The summed E-state index contributed by atoms with van der Waals surface area (Å²) in [7, 11) is 0. The summed E-state index contributed by atoms with van der Waals surface area (Å²) < 4.78 is 0. The molecule has 3 N–H and O–H groups in total. The minimum Gasteiger partial charge on any atom is -0.399 e. The van der Waals surface area contributed by atoms with Gasteiger partial charge < -0.3 is 16.0 Å². The molecule has 6 heteroatoms. The third-order valence-electron chi connectivity index (χ3n) is 3.84. The lowest BCUT2D eigenvalue weighted by atomic mass is 10.1. The predicted molar refractivity (Wildman–Crippen MR) is 109 cm³/mol. The fourth-order valence-electron chi connectivity index (χ4n) is 2.57. The lowest BCUT2D eigenvalue weighted by molar-refractivity contribution is 0.0755. The lowest BCUT2D eigenvalue weighted by Crippen LogP contribution is -2.32. The van der Waals surface area contributed by atoms with Crippen LogP contribution < -0.4 is 11.1 Å². The normalized spacial score (nSPS) is 9.92. The Bertz CT molecular complexity index is 709. The number of halogens is 1. The second-order valence-electron chi connectivity index (χ2n) is 5.95. The van der Waals surface area contributed by atoms with Crippen molar-refractivity contribution < 1.29 is 9.59 Å². The Kier molecular flexibility index (Phi) is 8.65. The van der Waals surface area contributed by atoms with E-state index < -0.39 is 0 Å². The van der Waals surface area contributed by atoms with Gasteiger partial charge in [-0.05, 0) is 61.4 Å². The molecule has 2 amide bonds. The Morgan fingerprint density at radius 3 is 1.88 bits per heavy atom. The SMILES string of the molecule is CCCN(CCC)C(=O)c1ccc(NC(=O)c2ccc(N)cc2)cc1.Cl. The Labute approximate surface area is 161 Å². The zero-order valence-corrected chi connectivity index (χ0v) is 16.0. The van der Waals surface area contributed by atoms with Crippen LogP contribution in [-0.4, -0.2) is 29.8 Å². The second-order valence-corrected chi connectivity index (χ2v) is 5.95. The van der Waals surface area contributed by atoms with Crippen LogP contribution in [0, 0.1) is 0 Å². The number of anilines is 2.